The second-order valence-electron chi connectivity index (χ2n) is 3.52. The Kier molecular flexibility index (Phi) is 4.38. The summed E-state index contributed by atoms with van der Waals surface area (Å²) >= 11 is 0. The van der Waals surface area contributed by atoms with E-state index in [1.165, 1.54) is 0 Å². The topological polar surface area (TPSA) is 72.2 Å². The van der Waals surface area contributed by atoms with Gasteiger partial charge in [0, 0.05) is 6.07 Å². The molecule has 0 spiro atoms. The van der Waals surface area contributed by atoms with Crippen LogP contribution in [0.1, 0.15) is 23.7 Å². The molecule has 6 heteroatoms. The van der Waals surface area contributed by atoms with Crippen LogP contribution in [0.4, 0.5) is 10.1 Å². The summed E-state index contributed by atoms with van der Waals surface area (Å²) in [6, 6.07) is 2.14. The van der Waals surface area contributed by atoms with Gasteiger partial charge in [-0.05, 0) is 18.6 Å². The summed E-state index contributed by atoms with van der Waals surface area (Å²) in [5, 5.41) is 13.1. The molecule has 0 saturated carbocycles. The molecule has 5 nitrogen and oxygen atoms in total. The number of halogens is 1. The number of hydrogen-bond acceptors (Lipinski definition) is 3. The van der Waals surface area contributed by atoms with E-state index in [1.807, 2.05) is 0 Å². The Morgan fingerprint density at radius 2 is 2.33 bits per heavy atom. The molecule has 1 unspecified atom stereocenters. The summed E-state index contributed by atoms with van der Waals surface area (Å²) in [4.78, 5) is 21.8. The zero-order chi connectivity index (χ0) is 13.7. The van der Waals surface area contributed by atoms with Crippen molar-refractivity contribution in [3.63, 3.8) is 0 Å². The molecule has 0 aliphatic carbocycles. The van der Waals surface area contributed by atoms with Crippen molar-refractivity contribution in [1.29, 1.82) is 0 Å². The van der Waals surface area contributed by atoms with Crippen LogP contribution in [0.3, 0.4) is 0 Å². The molecule has 0 radical (unpaired) electrons. The number of nitro groups is 1. The predicted octanol–water partition coefficient (Wildman–Crippen LogP) is 1.88. The van der Waals surface area contributed by atoms with Crippen LogP contribution < -0.4 is 5.32 Å². The summed E-state index contributed by atoms with van der Waals surface area (Å²) in [6.07, 6.45) is 5.64. The molecule has 1 rings (SSSR count). The first-order valence-corrected chi connectivity index (χ1v) is 5.20. The number of terminal acetylenes is 1. The Morgan fingerprint density at radius 1 is 1.67 bits per heavy atom. The Balaban J connectivity index is 3.08. The van der Waals surface area contributed by atoms with Gasteiger partial charge in [-0.15, -0.1) is 6.42 Å². The lowest BCUT2D eigenvalue weighted by atomic mass is 10.1. The molecule has 1 amide bonds. The van der Waals surface area contributed by atoms with Gasteiger partial charge < -0.3 is 5.32 Å². The third kappa shape index (κ3) is 3.04. The van der Waals surface area contributed by atoms with E-state index < -0.39 is 28.4 Å². The molecule has 0 heterocycles. The van der Waals surface area contributed by atoms with Crippen molar-refractivity contribution < 1.29 is 14.1 Å². The van der Waals surface area contributed by atoms with Crippen LogP contribution in [-0.4, -0.2) is 16.9 Å². The van der Waals surface area contributed by atoms with Crippen LogP contribution in [0, 0.1) is 28.3 Å². The lowest BCUT2D eigenvalue weighted by molar-refractivity contribution is -0.385. The lowest BCUT2D eigenvalue weighted by Gasteiger charge is -2.10. The van der Waals surface area contributed by atoms with Crippen LogP contribution in [0.2, 0.25) is 0 Å². The normalized spacial score (nSPS) is 11.4. The minimum Gasteiger partial charge on any atom is -0.338 e. The van der Waals surface area contributed by atoms with Gasteiger partial charge in [-0.1, -0.05) is 12.8 Å². The Morgan fingerprint density at radius 3 is 2.83 bits per heavy atom. The van der Waals surface area contributed by atoms with E-state index in [0.717, 1.165) is 18.2 Å². The molecule has 1 aromatic rings. The standard InChI is InChI=1S/C12H11FN2O3/c1-3-9(4-2)14-12(16)10-7-8(13)5-6-11(10)15(17)18/h1,5-7,9H,4H2,2H3,(H,14,16). The average Bonchev–Trinajstić information content (AvgIpc) is 2.35. The Labute approximate surface area is 103 Å². The van der Waals surface area contributed by atoms with Crippen molar-refractivity contribution in [1.82, 2.24) is 5.32 Å². The predicted molar refractivity (Wildman–Crippen MR) is 63.4 cm³/mol. The number of carbonyl (C=O) groups excluding carboxylic acids is 1. The zero-order valence-electron chi connectivity index (χ0n) is 9.64. The maximum absolute atomic E-state index is 13.0. The van der Waals surface area contributed by atoms with E-state index in [9.17, 15) is 19.3 Å². The largest absolute Gasteiger partial charge is 0.338 e. The molecule has 0 aromatic heterocycles. The van der Waals surface area contributed by atoms with Gasteiger partial charge in [0.05, 0.1) is 11.0 Å². The number of nitrogens with one attached hydrogen (secondary N) is 1. The lowest BCUT2D eigenvalue weighted by Crippen LogP contribution is -2.33. The molecule has 1 N–H and O–H groups in total. The molecule has 1 atom stereocenters. The molecule has 0 aliphatic rings. The second kappa shape index (κ2) is 5.77. The maximum Gasteiger partial charge on any atom is 0.282 e. The van der Waals surface area contributed by atoms with E-state index in [1.54, 1.807) is 6.92 Å². The van der Waals surface area contributed by atoms with Gasteiger partial charge in [0.25, 0.3) is 11.6 Å². The smallest absolute Gasteiger partial charge is 0.282 e. The van der Waals surface area contributed by atoms with Gasteiger partial charge in [-0.25, -0.2) is 4.39 Å². The third-order valence-corrected chi connectivity index (χ3v) is 2.31. The molecule has 0 fully saturated rings. The van der Waals surface area contributed by atoms with Crippen LogP contribution in [-0.2, 0) is 0 Å². The fourth-order valence-corrected chi connectivity index (χ4v) is 1.35. The number of carbonyl (C=O) groups is 1. The highest BCUT2D eigenvalue weighted by Gasteiger charge is 2.22. The van der Waals surface area contributed by atoms with E-state index >= 15 is 0 Å². The molecule has 0 bridgehead atoms. The number of nitrogens with zero attached hydrogens (tertiary/aromatic N) is 1. The van der Waals surface area contributed by atoms with Crippen molar-refractivity contribution in [3.8, 4) is 12.3 Å². The Hall–Kier alpha value is -2.42. The molecular formula is C12H11FN2O3. The SMILES string of the molecule is C#CC(CC)NC(=O)c1cc(F)ccc1[N+](=O)[O-]. The van der Waals surface area contributed by atoms with Crippen LogP contribution >= 0.6 is 0 Å². The summed E-state index contributed by atoms with van der Waals surface area (Å²) in [7, 11) is 0. The van der Waals surface area contributed by atoms with Gasteiger partial charge >= 0.3 is 0 Å². The van der Waals surface area contributed by atoms with Crippen molar-refractivity contribution >= 4 is 11.6 Å². The van der Waals surface area contributed by atoms with Gasteiger partial charge in [0.1, 0.15) is 11.4 Å². The van der Waals surface area contributed by atoms with Gasteiger partial charge in [-0.3, -0.25) is 14.9 Å². The number of nitro benzene ring substituents is 1. The minimum atomic E-state index is -0.758. The third-order valence-electron chi connectivity index (χ3n) is 2.31. The van der Waals surface area contributed by atoms with E-state index in [-0.39, 0.29) is 5.56 Å². The fourth-order valence-electron chi connectivity index (χ4n) is 1.35. The van der Waals surface area contributed by atoms with E-state index in [0.29, 0.717) is 6.42 Å². The summed E-state index contributed by atoms with van der Waals surface area (Å²) < 4.78 is 13.0. The first-order valence-electron chi connectivity index (χ1n) is 5.20. The number of hydrogen-bond donors (Lipinski definition) is 1. The number of rotatable bonds is 4. The molecule has 0 aliphatic heterocycles. The fraction of sp³-hybridized carbons (Fsp3) is 0.250. The Bertz CT molecular complexity index is 523. The molecule has 18 heavy (non-hydrogen) atoms. The van der Waals surface area contributed by atoms with Crippen LogP contribution in [0.5, 0.6) is 0 Å². The van der Waals surface area contributed by atoms with Crippen LogP contribution in [0.25, 0.3) is 0 Å². The molecule has 0 saturated heterocycles. The molecule has 94 valence electrons. The summed E-state index contributed by atoms with van der Waals surface area (Å²) in [5.74, 6) is 0.839. The highest BCUT2D eigenvalue weighted by atomic mass is 19.1. The van der Waals surface area contributed by atoms with E-state index in [4.69, 9.17) is 6.42 Å². The number of benzene rings is 1. The van der Waals surface area contributed by atoms with E-state index in [2.05, 4.69) is 11.2 Å². The van der Waals surface area contributed by atoms with Gasteiger partial charge in [0.2, 0.25) is 0 Å². The second-order valence-corrected chi connectivity index (χ2v) is 3.52. The van der Waals surface area contributed by atoms with Crippen molar-refractivity contribution in [2.75, 3.05) is 0 Å². The maximum atomic E-state index is 13.0. The summed E-state index contributed by atoms with van der Waals surface area (Å²) in [6.45, 7) is 1.75. The molecule has 1 aromatic carbocycles. The average molecular weight is 250 g/mol. The van der Waals surface area contributed by atoms with Crippen LogP contribution in [0.15, 0.2) is 18.2 Å². The highest BCUT2D eigenvalue weighted by molar-refractivity contribution is 5.98. The monoisotopic (exact) mass is 250 g/mol. The first kappa shape index (κ1) is 13.6. The highest BCUT2D eigenvalue weighted by Crippen LogP contribution is 2.19. The van der Waals surface area contributed by atoms with Crippen molar-refractivity contribution in [2.24, 2.45) is 0 Å². The summed E-state index contributed by atoms with van der Waals surface area (Å²) in [5.41, 5.74) is -0.797. The quantitative estimate of drug-likeness (QED) is 0.503. The first-order chi connectivity index (χ1) is 8.49. The number of amides is 1. The van der Waals surface area contributed by atoms with Crippen molar-refractivity contribution in [2.45, 2.75) is 19.4 Å². The van der Waals surface area contributed by atoms with Crippen molar-refractivity contribution in [3.05, 3.63) is 39.7 Å². The van der Waals surface area contributed by atoms with Gasteiger partial charge in [-0.2, -0.15) is 0 Å². The minimum absolute atomic E-state index is 0.339. The molecular weight excluding hydrogens is 239 g/mol. The van der Waals surface area contributed by atoms with Gasteiger partial charge in [0.15, 0.2) is 0 Å². The zero-order valence-corrected chi connectivity index (χ0v) is 9.64.